The minimum Gasteiger partial charge on any atom is -0.508 e. The van der Waals surface area contributed by atoms with Crippen LogP contribution in [0.15, 0.2) is 54.6 Å². The van der Waals surface area contributed by atoms with Crippen molar-refractivity contribution in [3.05, 3.63) is 65.7 Å². The fourth-order valence-electron chi connectivity index (χ4n) is 15.2. The normalized spacial score (nSPS) is 23.8. The Balaban J connectivity index is 1.45. The van der Waals surface area contributed by atoms with Crippen LogP contribution in [-0.2, 0) is 68.7 Å². The van der Waals surface area contributed by atoms with Gasteiger partial charge in [0.2, 0.25) is 47.3 Å². The van der Waals surface area contributed by atoms with Crippen LogP contribution in [0, 0.1) is 47.3 Å². The summed E-state index contributed by atoms with van der Waals surface area (Å²) in [4.78, 5) is 175. The highest BCUT2D eigenvalue weighted by atomic mass is 32.2. The number of amides is 8. The van der Waals surface area contributed by atoms with Crippen LogP contribution in [0.1, 0.15) is 207 Å². The van der Waals surface area contributed by atoms with Crippen molar-refractivity contribution >= 4 is 82.3 Å². The molecule has 3 fully saturated rings. The van der Waals surface area contributed by atoms with Crippen molar-refractivity contribution in [2.75, 3.05) is 57.9 Å². The molecule has 31 nitrogen and oxygen atoms in total. The third-order valence-electron chi connectivity index (χ3n) is 22.0. The lowest BCUT2D eigenvalue weighted by Crippen LogP contribution is -2.63. The second-order valence-electron chi connectivity index (χ2n) is 33.0. The minimum atomic E-state index is -2.30. The quantitative estimate of drug-likeness (QED) is 0.0335. The maximum Gasteiger partial charge on any atom is 0.306 e. The van der Waals surface area contributed by atoms with E-state index in [1.807, 2.05) is 34.0 Å². The Labute approximate surface area is 687 Å². The Morgan fingerprint density at radius 2 is 1.34 bits per heavy atom. The zero-order valence-electron chi connectivity index (χ0n) is 69.3. The number of fused-ring (bicyclic) bond motifs is 2. The predicted molar refractivity (Wildman–Crippen MR) is 436 cm³/mol. The van der Waals surface area contributed by atoms with Gasteiger partial charge in [0.05, 0.1) is 67.7 Å². The van der Waals surface area contributed by atoms with Crippen molar-refractivity contribution in [3.63, 3.8) is 0 Å². The number of ether oxygens (including phenoxy) is 1. The van der Waals surface area contributed by atoms with Crippen LogP contribution >= 0.6 is 11.8 Å². The number of Topliss-reactive ketones (excluding diaryl/α,β-unsaturated/α-hetero) is 3. The highest BCUT2D eigenvalue weighted by Gasteiger charge is 2.49. The molecule has 0 saturated carbocycles. The summed E-state index contributed by atoms with van der Waals surface area (Å²) in [7, 11) is 0. The largest absolute Gasteiger partial charge is 0.508 e. The number of esters is 1. The van der Waals surface area contributed by atoms with Gasteiger partial charge in [0, 0.05) is 95.5 Å². The number of nitrogens with one attached hydrogen (secondary N) is 7. The maximum atomic E-state index is 15.4. The van der Waals surface area contributed by atoms with Gasteiger partial charge in [-0.2, -0.15) is 11.8 Å². The van der Waals surface area contributed by atoms with E-state index in [2.05, 4.69) is 58.0 Å². The number of hydrogen-bond acceptors (Lipinski definition) is 24. The highest BCUT2D eigenvalue weighted by molar-refractivity contribution is 7.98. The zero-order valence-corrected chi connectivity index (χ0v) is 70.1. The SMILES string of the molecule is CC[C@H](C)C[C@H](C)CCCCCCCCC(=O)C[C@H]1C[C@@H](O)[C@@H](NCCN)NC(=O)[C@@H]2[C@@H](O)CCN2C(=O)[C@H]([C@H](O)CCNC(=O)CCNC(=O)[C@@H](CC(=O)[C@H](CC(C)C)NC(=O)[C@H](CCSC)CC(=O)OCC(C)C)Cc2ccccc2)NC(=O)[C@H]([C@H](O)[C@@H](O)c2ccc(O)cc2)CC(=O)[C@@H]2C[C@@H](O)CN2C(=O)[C@H]([C@@H](C)O)NC1=O. The number of phenols is 1. The molecule has 19 atom stereocenters. The molecule has 3 aliphatic heterocycles. The van der Waals surface area contributed by atoms with Crippen molar-refractivity contribution < 1.29 is 103 Å². The summed E-state index contributed by atoms with van der Waals surface area (Å²) in [5.74, 6) is -13.8. The molecule has 3 aliphatic rings. The molecule has 3 heterocycles. The van der Waals surface area contributed by atoms with E-state index in [1.54, 1.807) is 30.3 Å². The number of carbonyl (C=O) groups is 12. The molecule has 116 heavy (non-hydrogen) atoms. The van der Waals surface area contributed by atoms with E-state index >= 15 is 9.59 Å². The van der Waals surface area contributed by atoms with E-state index in [0.29, 0.717) is 42.4 Å². The number of rotatable bonds is 45. The summed E-state index contributed by atoms with van der Waals surface area (Å²) in [5.41, 5.74) is 6.54. The molecule has 8 amide bonds. The average Bonchev–Trinajstić information content (AvgIpc) is 1.59. The number of aliphatic hydroxyl groups is 7. The number of nitrogens with two attached hydrogens (primary N) is 1. The lowest BCUT2D eigenvalue weighted by atomic mass is 9.86. The van der Waals surface area contributed by atoms with Crippen molar-refractivity contribution in [1.29, 1.82) is 0 Å². The van der Waals surface area contributed by atoms with Gasteiger partial charge >= 0.3 is 5.97 Å². The molecular formula is C84H134N10O21S. The molecule has 2 aromatic carbocycles. The van der Waals surface area contributed by atoms with Gasteiger partial charge in [-0.05, 0) is 117 Å². The smallest absolute Gasteiger partial charge is 0.306 e. The number of benzene rings is 2. The first-order valence-electron chi connectivity index (χ1n) is 41.7. The molecule has 0 aliphatic carbocycles. The average molecular weight is 1650 g/mol. The van der Waals surface area contributed by atoms with Crippen LogP contribution < -0.4 is 43.0 Å². The Morgan fingerprint density at radius 3 is 1.98 bits per heavy atom. The number of hydrogen-bond donors (Lipinski definition) is 16. The molecule has 17 N–H and O–H groups in total. The second-order valence-corrected chi connectivity index (χ2v) is 34.0. The maximum absolute atomic E-state index is 15.4. The summed E-state index contributed by atoms with van der Waals surface area (Å²) < 4.78 is 5.39. The standard InChI is InChI=1S/C84H134N10O21S/c1-10-51(6)39-52(7)20-16-13-11-12-14-19-23-60(97)41-58-43-69(103)77(87-35-32-85)92-82(112)74-66(100)30-36-93(74)84(114)73(91-81(111)62(76(107)75(106)55-24-26-59(96)27-25-55)46-68(102)64-45-61(98)47-94(64)83(113)72(53(8)95)90-80(58)110)65(99)28-33-86-70(104)29-34-88-78(108)57(40-54-21-17-15-18-22-54)42-67(101)63(38-49(2)3)89-79(109)56(31-37-116-9)44-71(105)115-48-50(4)5/h15,17-18,21-22,24-27,49-53,56-58,61-66,69,72-77,87,95-96,98-100,103,106-107H,10-14,16,19-20,23,28-48,85H2,1-9H3,(H,86,104)(H,88,108)(H,89,109)(H,90,110)(H,91,111)(H,92,112)/t51-,52+,53+,56+,57+,58-,61+,62-,63-,64-,65+,66-,69+,72-,73-,74-,75-,76-,77-/m0/s1. The summed E-state index contributed by atoms with van der Waals surface area (Å²) in [6.45, 7) is 13.7. The van der Waals surface area contributed by atoms with E-state index in [-0.39, 0.29) is 100 Å². The van der Waals surface area contributed by atoms with Gasteiger partial charge in [0.25, 0.3) is 0 Å². The first kappa shape index (κ1) is 99.0. The van der Waals surface area contributed by atoms with E-state index in [1.165, 1.54) is 37.2 Å². The molecule has 0 aromatic heterocycles. The molecule has 0 spiro atoms. The monoisotopic (exact) mass is 1650 g/mol. The lowest BCUT2D eigenvalue weighted by Gasteiger charge is -2.35. The van der Waals surface area contributed by atoms with Gasteiger partial charge in [-0.25, -0.2) is 0 Å². The topological polar surface area (TPSA) is 493 Å². The summed E-state index contributed by atoms with van der Waals surface area (Å²) in [6, 6.07) is 5.00. The van der Waals surface area contributed by atoms with Gasteiger partial charge in [-0.3, -0.25) is 62.9 Å². The number of aliphatic hydroxyl groups excluding tert-OH is 7. The van der Waals surface area contributed by atoms with Crippen LogP contribution in [0.4, 0.5) is 0 Å². The summed E-state index contributed by atoms with van der Waals surface area (Å²) in [5, 5.41) is 111. The number of unbranched alkanes of at least 4 members (excludes halogenated alkanes) is 5. The third-order valence-corrected chi connectivity index (χ3v) is 22.7. The highest BCUT2D eigenvalue weighted by Crippen LogP contribution is 2.32. The number of ketones is 3. The van der Waals surface area contributed by atoms with Gasteiger partial charge < -0.3 is 93.0 Å². The van der Waals surface area contributed by atoms with Crippen LogP contribution in [-0.4, -0.2) is 252 Å². The van der Waals surface area contributed by atoms with E-state index < -0.39 is 219 Å². The van der Waals surface area contributed by atoms with Crippen molar-refractivity contribution in [1.82, 2.24) is 47.0 Å². The second kappa shape index (κ2) is 51.1. The molecule has 2 aromatic rings. The third kappa shape index (κ3) is 33.0. The van der Waals surface area contributed by atoms with Gasteiger partial charge in [-0.15, -0.1) is 0 Å². The van der Waals surface area contributed by atoms with Gasteiger partial charge in [-0.1, -0.05) is 136 Å². The molecule has 652 valence electrons. The molecule has 5 rings (SSSR count). The Kier molecular flexibility index (Phi) is 43.6. The first-order chi connectivity index (χ1) is 55.1. The van der Waals surface area contributed by atoms with E-state index in [0.717, 1.165) is 60.5 Å². The number of carbonyl (C=O) groups excluding carboxylic acids is 12. The Morgan fingerprint density at radius 1 is 0.672 bits per heavy atom. The zero-order chi connectivity index (χ0) is 85.9. The van der Waals surface area contributed by atoms with Crippen molar-refractivity contribution in [2.45, 2.75) is 276 Å². The van der Waals surface area contributed by atoms with E-state index in [4.69, 9.17) is 10.5 Å². The van der Waals surface area contributed by atoms with Crippen molar-refractivity contribution in [3.8, 4) is 5.75 Å². The van der Waals surface area contributed by atoms with Gasteiger partial charge in [0.1, 0.15) is 41.9 Å². The summed E-state index contributed by atoms with van der Waals surface area (Å²) >= 11 is 1.50. The number of thioether (sulfide) groups is 1. The minimum absolute atomic E-state index is 0.0393. The Bertz CT molecular complexity index is 3450. The van der Waals surface area contributed by atoms with Crippen LogP contribution in [0.5, 0.6) is 5.75 Å². The molecule has 0 unspecified atom stereocenters. The fraction of sp³-hybridized carbons (Fsp3) is 0.714. The molecule has 0 bridgehead atoms. The predicted octanol–water partition coefficient (Wildman–Crippen LogP) is 2.84. The number of phenolic OH excluding ortho intramolecular Hbond substituents is 1. The lowest BCUT2D eigenvalue weighted by molar-refractivity contribution is -0.149. The molecule has 0 radical (unpaired) electrons. The number of nitrogens with zero attached hydrogens (tertiary/aromatic N) is 2. The molecule has 3 saturated heterocycles. The molecule has 32 heteroatoms. The molecular weight excluding hydrogens is 1520 g/mol. The van der Waals surface area contributed by atoms with Crippen LogP contribution in [0.25, 0.3) is 0 Å². The van der Waals surface area contributed by atoms with E-state index in [9.17, 15) is 88.8 Å². The Hall–Kier alpha value is -7.53. The van der Waals surface area contributed by atoms with Crippen LogP contribution in [0.2, 0.25) is 0 Å². The fourth-order valence-corrected chi connectivity index (χ4v) is 15.7. The van der Waals surface area contributed by atoms with Crippen molar-refractivity contribution in [2.24, 2.45) is 53.1 Å². The van der Waals surface area contributed by atoms with Crippen LogP contribution in [0.3, 0.4) is 0 Å². The summed E-state index contributed by atoms with van der Waals surface area (Å²) in [6.07, 6.45) is -7.82. The van der Waals surface area contributed by atoms with Gasteiger partial charge in [0.15, 0.2) is 11.6 Å². The number of aromatic hydroxyl groups is 1. The first-order valence-corrected chi connectivity index (χ1v) is 43.1.